The molecule has 1 N–H and O–H groups in total. The predicted octanol–water partition coefficient (Wildman–Crippen LogP) is 2.70. The summed E-state index contributed by atoms with van der Waals surface area (Å²) < 4.78 is 2.26. The molecule has 3 nitrogen and oxygen atoms in total. The molecular weight excluding hydrogens is 220 g/mol. The van der Waals surface area contributed by atoms with Gasteiger partial charge in [0.15, 0.2) is 4.77 Å². The van der Waals surface area contributed by atoms with Gasteiger partial charge in [-0.3, -0.25) is 9.36 Å². The SMILES string of the molecule is Cc1ccc2[nH]c(=S)n(C3CC3)c(=O)c2c1. The second kappa shape index (κ2) is 3.28. The average Bonchev–Trinajstić information content (AvgIpc) is 3.04. The van der Waals surface area contributed by atoms with E-state index in [0.717, 1.165) is 29.3 Å². The van der Waals surface area contributed by atoms with Crippen molar-refractivity contribution in [2.45, 2.75) is 25.8 Å². The number of nitrogens with zero attached hydrogens (tertiary/aromatic N) is 1. The largest absolute Gasteiger partial charge is 0.332 e. The summed E-state index contributed by atoms with van der Waals surface area (Å²) in [6.45, 7) is 1.99. The van der Waals surface area contributed by atoms with Gasteiger partial charge in [-0.2, -0.15) is 0 Å². The van der Waals surface area contributed by atoms with E-state index >= 15 is 0 Å². The molecule has 82 valence electrons. The van der Waals surface area contributed by atoms with Crippen LogP contribution in [0.25, 0.3) is 10.9 Å². The number of hydrogen-bond acceptors (Lipinski definition) is 2. The third kappa shape index (κ3) is 1.41. The lowest BCUT2D eigenvalue weighted by Crippen LogP contribution is -2.21. The van der Waals surface area contributed by atoms with Crippen molar-refractivity contribution in [3.05, 3.63) is 38.9 Å². The first-order valence-electron chi connectivity index (χ1n) is 5.42. The molecule has 0 unspecified atom stereocenters. The predicted molar refractivity (Wildman–Crippen MR) is 66.4 cm³/mol. The first kappa shape index (κ1) is 9.78. The summed E-state index contributed by atoms with van der Waals surface area (Å²) in [5.41, 5.74) is 1.97. The van der Waals surface area contributed by atoms with E-state index in [9.17, 15) is 4.79 Å². The molecule has 1 aliphatic rings. The van der Waals surface area contributed by atoms with Crippen LogP contribution in [0.1, 0.15) is 24.4 Å². The minimum absolute atomic E-state index is 0.0463. The van der Waals surface area contributed by atoms with Crippen molar-refractivity contribution >= 4 is 23.1 Å². The molecule has 16 heavy (non-hydrogen) atoms. The number of aromatic nitrogens is 2. The van der Waals surface area contributed by atoms with Crippen LogP contribution in [0.3, 0.4) is 0 Å². The number of H-pyrrole nitrogens is 1. The lowest BCUT2D eigenvalue weighted by molar-refractivity contribution is 0.685. The zero-order valence-corrected chi connectivity index (χ0v) is 9.80. The van der Waals surface area contributed by atoms with Crippen molar-refractivity contribution in [2.75, 3.05) is 0 Å². The number of nitrogens with one attached hydrogen (secondary N) is 1. The van der Waals surface area contributed by atoms with E-state index < -0.39 is 0 Å². The molecule has 1 aliphatic carbocycles. The molecule has 3 rings (SSSR count). The fourth-order valence-corrected chi connectivity index (χ4v) is 2.35. The summed E-state index contributed by atoms with van der Waals surface area (Å²) >= 11 is 5.22. The van der Waals surface area contributed by atoms with E-state index in [4.69, 9.17) is 12.2 Å². The van der Waals surface area contributed by atoms with Crippen molar-refractivity contribution in [3.63, 3.8) is 0 Å². The zero-order valence-electron chi connectivity index (χ0n) is 8.99. The van der Waals surface area contributed by atoms with Crippen molar-refractivity contribution in [3.8, 4) is 0 Å². The highest BCUT2D eigenvalue weighted by atomic mass is 32.1. The third-order valence-corrected chi connectivity index (χ3v) is 3.30. The molecule has 1 aromatic carbocycles. The van der Waals surface area contributed by atoms with Gasteiger partial charge in [0.25, 0.3) is 5.56 Å². The van der Waals surface area contributed by atoms with E-state index in [0.29, 0.717) is 10.8 Å². The maximum atomic E-state index is 12.3. The van der Waals surface area contributed by atoms with Crippen LogP contribution < -0.4 is 5.56 Å². The summed E-state index contributed by atoms with van der Waals surface area (Å²) in [6, 6.07) is 6.14. The van der Waals surface area contributed by atoms with Gasteiger partial charge in [0.2, 0.25) is 0 Å². The van der Waals surface area contributed by atoms with Gasteiger partial charge in [-0.25, -0.2) is 0 Å². The fraction of sp³-hybridized carbons (Fsp3) is 0.333. The Bertz CT molecular complexity index is 679. The number of hydrogen-bond donors (Lipinski definition) is 1. The van der Waals surface area contributed by atoms with Crippen molar-refractivity contribution < 1.29 is 0 Å². The number of aryl methyl sites for hydroxylation is 1. The summed E-state index contributed by atoms with van der Waals surface area (Å²) in [5, 5.41) is 0.737. The van der Waals surface area contributed by atoms with Gasteiger partial charge in [0, 0.05) is 6.04 Å². The van der Waals surface area contributed by atoms with Crippen molar-refractivity contribution in [1.82, 2.24) is 9.55 Å². The molecule has 0 bridgehead atoms. The lowest BCUT2D eigenvalue weighted by Gasteiger charge is -2.06. The smallest absolute Gasteiger partial charge is 0.262 e. The average molecular weight is 232 g/mol. The van der Waals surface area contributed by atoms with Crippen LogP contribution in [-0.2, 0) is 0 Å². The maximum absolute atomic E-state index is 12.3. The number of aromatic amines is 1. The molecule has 0 radical (unpaired) electrons. The van der Waals surface area contributed by atoms with E-state index in [-0.39, 0.29) is 5.56 Å². The molecule has 0 atom stereocenters. The first-order chi connectivity index (χ1) is 7.66. The van der Waals surface area contributed by atoms with Gasteiger partial charge >= 0.3 is 0 Å². The van der Waals surface area contributed by atoms with E-state index in [1.807, 2.05) is 25.1 Å². The summed E-state index contributed by atoms with van der Waals surface area (Å²) in [4.78, 5) is 15.4. The summed E-state index contributed by atoms with van der Waals surface area (Å²) in [7, 11) is 0. The normalized spacial score (nSPS) is 15.6. The van der Waals surface area contributed by atoms with Gasteiger partial charge in [-0.05, 0) is 44.1 Å². The highest BCUT2D eigenvalue weighted by molar-refractivity contribution is 7.71. The molecule has 2 aromatic rings. The summed E-state index contributed by atoms with van der Waals surface area (Å²) in [5.74, 6) is 0. The number of rotatable bonds is 1. The first-order valence-corrected chi connectivity index (χ1v) is 5.83. The van der Waals surface area contributed by atoms with Crippen LogP contribution in [0.2, 0.25) is 0 Å². The molecule has 1 saturated carbocycles. The highest BCUT2D eigenvalue weighted by Gasteiger charge is 2.26. The zero-order chi connectivity index (χ0) is 11.3. The van der Waals surface area contributed by atoms with Crippen LogP contribution in [0.15, 0.2) is 23.0 Å². The molecule has 0 aliphatic heterocycles. The Morgan fingerprint density at radius 1 is 1.44 bits per heavy atom. The van der Waals surface area contributed by atoms with Crippen molar-refractivity contribution in [1.29, 1.82) is 0 Å². The Kier molecular flexibility index (Phi) is 2.01. The van der Waals surface area contributed by atoms with Gasteiger partial charge in [-0.1, -0.05) is 11.6 Å². The topological polar surface area (TPSA) is 37.8 Å². The van der Waals surface area contributed by atoms with Gasteiger partial charge in [-0.15, -0.1) is 0 Å². The number of benzene rings is 1. The minimum atomic E-state index is 0.0463. The second-order valence-electron chi connectivity index (χ2n) is 4.39. The van der Waals surface area contributed by atoms with Crippen LogP contribution >= 0.6 is 12.2 Å². The maximum Gasteiger partial charge on any atom is 0.262 e. The molecule has 4 heteroatoms. The van der Waals surface area contributed by atoms with Crippen LogP contribution in [0.5, 0.6) is 0 Å². The Hall–Kier alpha value is -1.42. The van der Waals surface area contributed by atoms with E-state index in [2.05, 4.69) is 4.98 Å². The molecule has 0 amide bonds. The van der Waals surface area contributed by atoms with E-state index in [1.54, 1.807) is 4.57 Å². The van der Waals surface area contributed by atoms with Gasteiger partial charge in [0.1, 0.15) is 0 Å². The summed E-state index contributed by atoms with van der Waals surface area (Å²) in [6.07, 6.45) is 2.13. The second-order valence-corrected chi connectivity index (χ2v) is 4.77. The Labute approximate surface area is 97.7 Å². The Balaban J connectivity index is 2.45. The number of fused-ring (bicyclic) bond motifs is 1. The molecular formula is C12H12N2OS. The monoisotopic (exact) mass is 232 g/mol. The Morgan fingerprint density at radius 2 is 2.19 bits per heavy atom. The lowest BCUT2D eigenvalue weighted by atomic mass is 10.2. The molecule has 0 saturated heterocycles. The molecule has 0 spiro atoms. The van der Waals surface area contributed by atoms with Gasteiger partial charge in [0.05, 0.1) is 10.9 Å². The molecule has 1 aromatic heterocycles. The standard InChI is InChI=1S/C12H12N2OS/c1-7-2-5-10-9(6-7)11(15)14(8-3-4-8)12(16)13-10/h2,5-6,8H,3-4H2,1H3,(H,13,16). The molecule has 1 fully saturated rings. The van der Waals surface area contributed by atoms with Crippen LogP contribution in [0.4, 0.5) is 0 Å². The van der Waals surface area contributed by atoms with Crippen LogP contribution in [-0.4, -0.2) is 9.55 Å². The van der Waals surface area contributed by atoms with Crippen molar-refractivity contribution in [2.24, 2.45) is 0 Å². The van der Waals surface area contributed by atoms with Crippen LogP contribution in [0, 0.1) is 11.7 Å². The minimum Gasteiger partial charge on any atom is -0.332 e. The highest BCUT2D eigenvalue weighted by Crippen LogP contribution is 2.33. The third-order valence-electron chi connectivity index (χ3n) is 3.00. The quantitative estimate of drug-likeness (QED) is 0.768. The molecule has 1 heterocycles. The fourth-order valence-electron chi connectivity index (χ4n) is 2.01. The van der Waals surface area contributed by atoms with Gasteiger partial charge < -0.3 is 4.98 Å². The Morgan fingerprint density at radius 3 is 2.88 bits per heavy atom. The van der Waals surface area contributed by atoms with E-state index in [1.165, 1.54) is 0 Å².